The predicted molar refractivity (Wildman–Crippen MR) is 138 cm³/mol. The molecule has 2 aliphatic rings. The molecule has 1 aliphatic heterocycles. The maximum Gasteiger partial charge on any atom is 0.213 e. The summed E-state index contributed by atoms with van der Waals surface area (Å²) in [5.74, 6) is 1.27. The lowest BCUT2D eigenvalue weighted by Gasteiger charge is -2.37. The van der Waals surface area contributed by atoms with Gasteiger partial charge >= 0.3 is 0 Å². The molecule has 0 amide bonds. The van der Waals surface area contributed by atoms with Gasteiger partial charge in [-0.3, -0.25) is 9.89 Å². The number of guanidine groups is 1. The molecule has 1 unspecified atom stereocenters. The summed E-state index contributed by atoms with van der Waals surface area (Å²) in [4.78, 5) is 6.78. The standard InChI is InChI=1S/C22H37N5O2S.HI/c1-18(20-9-4-3-5-10-20)27-14-11-21(12-15-27)26-22(23-2)24-13-16-30(28,29)25-17-19-7-6-8-19;/h3-5,9-10,18-19,21,25H,6-8,11-17H2,1-2H3,(H2,23,24,26);1H. The third-order valence-corrected chi connectivity index (χ3v) is 7.75. The minimum Gasteiger partial charge on any atom is -0.355 e. The smallest absolute Gasteiger partial charge is 0.213 e. The molecular weight excluding hydrogens is 525 g/mol. The number of nitrogens with one attached hydrogen (secondary N) is 3. The Morgan fingerprint density at radius 1 is 1.16 bits per heavy atom. The lowest BCUT2D eigenvalue weighted by molar-refractivity contribution is 0.158. The molecule has 9 heteroatoms. The van der Waals surface area contributed by atoms with E-state index in [0.717, 1.165) is 38.8 Å². The number of halogens is 1. The Labute approximate surface area is 204 Å². The first-order valence-corrected chi connectivity index (χ1v) is 12.9. The van der Waals surface area contributed by atoms with Gasteiger partial charge in [0.05, 0.1) is 5.75 Å². The molecule has 1 aromatic carbocycles. The molecule has 1 aromatic rings. The van der Waals surface area contributed by atoms with Gasteiger partial charge in [-0.2, -0.15) is 0 Å². The Hall–Kier alpha value is -0.910. The van der Waals surface area contributed by atoms with Crippen LogP contribution in [0.4, 0.5) is 0 Å². The molecule has 31 heavy (non-hydrogen) atoms. The molecule has 1 heterocycles. The van der Waals surface area contributed by atoms with Crippen molar-refractivity contribution in [1.82, 2.24) is 20.3 Å². The summed E-state index contributed by atoms with van der Waals surface area (Å²) >= 11 is 0. The molecule has 2 fully saturated rings. The van der Waals surface area contributed by atoms with Crippen molar-refractivity contribution in [1.29, 1.82) is 0 Å². The minimum atomic E-state index is -3.23. The molecule has 1 saturated carbocycles. The average molecular weight is 564 g/mol. The lowest BCUT2D eigenvalue weighted by atomic mass is 9.86. The average Bonchev–Trinajstić information content (AvgIpc) is 2.72. The number of nitrogens with zero attached hydrogens (tertiary/aromatic N) is 2. The molecule has 0 aromatic heterocycles. The number of aliphatic imine (C=N–C) groups is 1. The zero-order valence-electron chi connectivity index (χ0n) is 18.7. The zero-order valence-corrected chi connectivity index (χ0v) is 21.9. The van der Waals surface area contributed by atoms with E-state index in [-0.39, 0.29) is 29.7 Å². The fraction of sp³-hybridized carbons (Fsp3) is 0.682. The van der Waals surface area contributed by atoms with Gasteiger partial charge in [-0.05, 0) is 44.1 Å². The summed E-state index contributed by atoms with van der Waals surface area (Å²) in [6, 6.07) is 11.4. The van der Waals surface area contributed by atoms with Crippen molar-refractivity contribution in [3.63, 3.8) is 0 Å². The summed E-state index contributed by atoms with van der Waals surface area (Å²) < 4.78 is 27.0. The first-order chi connectivity index (χ1) is 14.5. The number of benzene rings is 1. The van der Waals surface area contributed by atoms with Crippen molar-refractivity contribution < 1.29 is 8.42 Å². The van der Waals surface area contributed by atoms with Gasteiger partial charge in [0, 0.05) is 45.3 Å². The number of sulfonamides is 1. The van der Waals surface area contributed by atoms with Crippen molar-refractivity contribution in [3.05, 3.63) is 35.9 Å². The monoisotopic (exact) mass is 563 g/mol. The fourth-order valence-corrected chi connectivity index (χ4v) is 5.08. The van der Waals surface area contributed by atoms with Crippen LogP contribution in [0.25, 0.3) is 0 Å². The van der Waals surface area contributed by atoms with Gasteiger partial charge in [-0.25, -0.2) is 13.1 Å². The molecular formula is C22H38IN5O2S. The molecule has 3 N–H and O–H groups in total. The summed E-state index contributed by atoms with van der Waals surface area (Å²) in [5.41, 5.74) is 1.36. The highest BCUT2D eigenvalue weighted by molar-refractivity contribution is 14.0. The second-order valence-corrected chi connectivity index (χ2v) is 10.4. The fourth-order valence-electron chi connectivity index (χ4n) is 4.08. The lowest BCUT2D eigenvalue weighted by Crippen LogP contribution is -2.50. The maximum atomic E-state index is 12.1. The molecule has 0 spiro atoms. The van der Waals surface area contributed by atoms with Crippen LogP contribution >= 0.6 is 24.0 Å². The molecule has 1 atom stereocenters. The van der Waals surface area contributed by atoms with Crippen molar-refractivity contribution in [3.8, 4) is 0 Å². The van der Waals surface area contributed by atoms with E-state index in [9.17, 15) is 8.42 Å². The van der Waals surface area contributed by atoms with Crippen LogP contribution in [0.3, 0.4) is 0 Å². The molecule has 3 rings (SSSR count). The quantitative estimate of drug-likeness (QED) is 0.245. The van der Waals surface area contributed by atoms with E-state index in [2.05, 4.69) is 62.5 Å². The summed E-state index contributed by atoms with van der Waals surface area (Å²) in [7, 11) is -1.51. The number of rotatable bonds is 9. The molecule has 0 bridgehead atoms. The Morgan fingerprint density at radius 3 is 2.42 bits per heavy atom. The highest BCUT2D eigenvalue weighted by Gasteiger charge is 2.24. The van der Waals surface area contributed by atoms with Gasteiger partial charge in [0.25, 0.3) is 0 Å². The van der Waals surface area contributed by atoms with Crippen molar-refractivity contribution in [2.75, 3.05) is 39.0 Å². The number of likely N-dealkylation sites (tertiary alicyclic amines) is 1. The minimum absolute atomic E-state index is 0. The SMILES string of the molecule is CN=C(NCCS(=O)(=O)NCC1CCC1)NC1CCN(C(C)c2ccccc2)CC1.I. The number of hydrogen-bond donors (Lipinski definition) is 3. The van der Waals surface area contributed by atoms with Crippen LogP contribution < -0.4 is 15.4 Å². The van der Waals surface area contributed by atoms with Crippen LogP contribution in [0.1, 0.15) is 50.6 Å². The highest BCUT2D eigenvalue weighted by atomic mass is 127. The van der Waals surface area contributed by atoms with Crippen molar-refractivity contribution in [2.45, 2.75) is 51.1 Å². The number of hydrogen-bond acceptors (Lipinski definition) is 4. The Kier molecular flexibility index (Phi) is 11.0. The largest absolute Gasteiger partial charge is 0.355 e. The first-order valence-electron chi connectivity index (χ1n) is 11.2. The van der Waals surface area contributed by atoms with E-state index < -0.39 is 10.0 Å². The Balaban J connectivity index is 0.00000341. The Bertz CT molecular complexity index is 778. The normalized spacial score (nSPS) is 19.9. The molecule has 0 radical (unpaired) electrons. The Morgan fingerprint density at radius 2 is 1.84 bits per heavy atom. The second kappa shape index (κ2) is 13.0. The third kappa shape index (κ3) is 8.51. The highest BCUT2D eigenvalue weighted by Crippen LogP contribution is 2.25. The van der Waals surface area contributed by atoms with Crippen LogP contribution in [0.2, 0.25) is 0 Å². The molecule has 176 valence electrons. The van der Waals surface area contributed by atoms with Crippen LogP contribution in [-0.4, -0.2) is 64.3 Å². The van der Waals surface area contributed by atoms with E-state index in [4.69, 9.17) is 0 Å². The first kappa shape index (κ1) is 26.3. The summed E-state index contributed by atoms with van der Waals surface area (Å²) in [6.45, 7) is 5.26. The van der Waals surface area contributed by atoms with Gasteiger partial charge in [0.15, 0.2) is 5.96 Å². The second-order valence-electron chi connectivity index (χ2n) is 8.50. The van der Waals surface area contributed by atoms with E-state index in [1.165, 1.54) is 12.0 Å². The van der Waals surface area contributed by atoms with E-state index in [1.807, 2.05) is 0 Å². The van der Waals surface area contributed by atoms with Crippen molar-refractivity contribution in [2.24, 2.45) is 10.9 Å². The molecule has 1 saturated heterocycles. The summed E-state index contributed by atoms with van der Waals surface area (Å²) in [5, 5.41) is 6.61. The molecule has 7 nitrogen and oxygen atoms in total. The van der Waals surface area contributed by atoms with E-state index in [1.54, 1.807) is 7.05 Å². The number of piperidine rings is 1. The van der Waals surface area contributed by atoms with Crippen molar-refractivity contribution >= 4 is 40.0 Å². The maximum absolute atomic E-state index is 12.1. The van der Waals surface area contributed by atoms with Crippen LogP contribution in [0, 0.1) is 5.92 Å². The van der Waals surface area contributed by atoms with E-state index >= 15 is 0 Å². The zero-order chi connectivity index (χ0) is 21.4. The van der Waals surface area contributed by atoms with Gasteiger partial charge in [0.2, 0.25) is 10.0 Å². The van der Waals surface area contributed by atoms with Crippen LogP contribution in [0.15, 0.2) is 35.3 Å². The third-order valence-electron chi connectivity index (χ3n) is 6.40. The summed E-state index contributed by atoms with van der Waals surface area (Å²) in [6.07, 6.45) is 5.58. The van der Waals surface area contributed by atoms with Crippen LogP contribution in [0.5, 0.6) is 0 Å². The van der Waals surface area contributed by atoms with Gasteiger partial charge < -0.3 is 10.6 Å². The van der Waals surface area contributed by atoms with E-state index in [0.29, 0.717) is 37.1 Å². The topological polar surface area (TPSA) is 85.8 Å². The van der Waals surface area contributed by atoms with Gasteiger partial charge in [0.1, 0.15) is 0 Å². The molecule has 1 aliphatic carbocycles. The van der Waals surface area contributed by atoms with Crippen LogP contribution in [-0.2, 0) is 10.0 Å². The predicted octanol–water partition coefficient (Wildman–Crippen LogP) is 2.71. The van der Waals surface area contributed by atoms with Gasteiger partial charge in [-0.1, -0.05) is 36.8 Å². The van der Waals surface area contributed by atoms with Gasteiger partial charge in [-0.15, -0.1) is 24.0 Å².